The predicted octanol–water partition coefficient (Wildman–Crippen LogP) is 28.5. The molecule has 0 amide bonds. The maximum absolute atomic E-state index is 12.1. The molecule has 0 spiro atoms. The van der Waals surface area contributed by atoms with Crippen molar-refractivity contribution in [2.24, 2.45) is 0 Å². The Kier molecular flexibility index (Phi) is 61.4. The van der Waals surface area contributed by atoms with Gasteiger partial charge in [-0.3, -0.25) is 0 Å². The van der Waals surface area contributed by atoms with E-state index in [1.165, 1.54) is 318 Å². The molecule has 480 valence electrons. The van der Waals surface area contributed by atoms with Crippen LogP contribution in [-0.2, 0) is 33.3 Å². The number of benzene rings is 2. The molecule has 0 atom stereocenters. The summed E-state index contributed by atoms with van der Waals surface area (Å²) in [5, 5.41) is 0. The second kappa shape index (κ2) is 63.0. The molecule has 2 aromatic carbocycles. The summed E-state index contributed by atoms with van der Waals surface area (Å²) in [6.45, 7) is 21.4. The first-order valence-electron chi connectivity index (χ1n) is 36.9. The van der Waals surface area contributed by atoms with E-state index in [-0.39, 0.29) is 20.4 Å². The van der Waals surface area contributed by atoms with Gasteiger partial charge in [0.1, 0.15) is 0 Å². The molecule has 83 heavy (non-hydrogen) atoms. The van der Waals surface area contributed by atoms with Gasteiger partial charge in [-0.1, -0.05) is 360 Å². The molecule has 0 aromatic heterocycles. The average Bonchev–Trinajstić information content (AvgIpc) is 3.03. The molecule has 1 aliphatic rings. The van der Waals surface area contributed by atoms with Crippen molar-refractivity contribution in [3.05, 3.63) is 113 Å². The number of rotatable bonds is 55. The molecule has 0 unspecified atom stereocenters. The van der Waals surface area contributed by atoms with E-state index in [0.717, 1.165) is 73.9 Å². The fourth-order valence-electron chi connectivity index (χ4n) is 11.9. The molecule has 0 radical (unpaired) electrons. The Morgan fingerprint density at radius 2 is 0.614 bits per heavy atom. The minimum atomic E-state index is 0. The van der Waals surface area contributed by atoms with Crippen molar-refractivity contribution in [2.75, 3.05) is 0 Å². The molecule has 0 aliphatic carbocycles. The molecule has 0 saturated carbocycles. The van der Waals surface area contributed by atoms with Gasteiger partial charge in [-0.15, -0.1) is 0 Å². The van der Waals surface area contributed by atoms with Crippen LogP contribution in [0.25, 0.3) is 16.9 Å². The van der Waals surface area contributed by atoms with Crippen LogP contribution in [0.2, 0.25) is 0 Å². The van der Waals surface area contributed by atoms with Crippen molar-refractivity contribution in [3.8, 4) is 0 Å². The number of aryl methyl sites for hydroxylation is 2. The second-order valence-electron chi connectivity index (χ2n) is 25.3. The quantitative estimate of drug-likeness (QED) is 0.0273. The van der Waals surface area contributed by atoms with Crippen molar-refractivity contribution in [1.29, 1.82) is 0 Å². The number of hydrogen-bond donors (Lipinski definition) is 0. The van der Waals surface area contributed by atoms with Crippen molar-refractivity contribution in [3.63, 3.8) is 0 Å². The van der Waals surface area contributed by atoms with Crippen molar-refractivity contribution < 1.29 is 25.1 Å². The van der Waals surface area contributed by atoms with Crippen LogP contribution in [0.5, 0.6) is 0 Å². The van der Waals surface area contributed by atoms with Gasteiger partial charge < -0.3 is 19.4 Å². The van der Waals surface area contributed by atoms with Gasteiger partial charge in [-0.05, 0) is 86.8 Å². The summed E-state index contributed by atoms with van der Waals surface area (Å²) < 4.78 is 1.54. The number of hydrogen-bond acceptors (Lipinski definition) is 0. The summed E-state index contributed by atoms with van der Waals surface area (Å²) in [4.78, 5) is 0. The van der Waals surface area contributed by atoms with Gasteiger partial charge in [0.25, 0.3) is 0 Å². The number of nitrogens with zero attached hydrogens (tertiary/aromatic N) is 2. The maximum atomic E-state index is 12.1. The van der Waals surface area contributed by atoms with E-state index in [0.29, 0.717) is 0 Å². The van der Waals surface area contributed by atoms with E-state index in [2.05, 4.69) is 116 Å². The molecule has 0 fully saturated rings. The van der Waals surface area contributed by atoms with Crippen LogP contribution in [-0.4, -0.2) is 4.70 Å². The van der Waals surface area contributed by atoms with E-state index < -0.39 is 0 Å². The fraction of sp³-hybridized carbons (Fsp3) is 0.750. The van der Waals surface area contributed by atoms with E-state index in [1.807, 2.05) is 0 Å². The molecular weight excluding hydrogens is 1100 g/mol. The summed E-state index contributed by atoms with van der Waals surface area (Å²) in [5.41, 5.74) is 21.5. The summed E-state index contributed by atoms with van der Waals surface area (Å²) >= 11 is 0. The minimum Gasteiger partial charge on any atom is -0.493 e. The van der Waals surface area contributed by atoms with Crippen LogP contribution in [0.3, 0.4) is 0 Å². The van der Waals surface area contributed by atoms with Crippen LogP contribution < -0.4 is 0 Å². The minimum absolute atomic E-state index is 0. The SMILES string of the molecule is CCCCCCCCCCCCCCCCCCCCC=CC1=C(c2cccc(CCCC)c2)[N+](=[N-])C(c2cccc(CCCC)c2)=C1CCCC.[CH2-]CCCCCCCCCCCCCC.[CH2-]CCCCCCCCCCCCCC.[Pd+2]. The van der Waals surface area contributed by atoms with Crippen LogP contribution in [0.4, 0.5) is 0 Å². The number of allylic oxidation sites excluding steroid dienone is 4. The largest absolute Gasteiger partial charge is 2.00 e. The summed E-state index contributed by atoms with van der Waals surface area (Å²) in [5.74, 6) is 0. The molecule has 3 rings (SSSR count). The molecule has 0 N–H and O–H groups in total. The molecule has 1 heterocycles. The second-order valence-corrected chi connectivity index (χ2v) is 25.3. The smallest absolute Gasteiger partial charge is 0.493 e. The van der Waals surface area contributed by atoms with Crippen LogP contribution in [0.15, 0.2) is 71.8 Å². The predicted molar refractivity (Wildman–Crippen MR) is 372 cm³/mol. The van der Waals surface area contributed by atoms with Gasteiger partial charge >= 0.3 is 20.4 Å². The molecule has 0 bridgehead atoms. The Bertz CT molecular complexity index is 1750. The Hall–Kier alpha value is -2.08. The van der Waals surface area contributed by atoms with Crippen molar-refractivity contribution in [2.45, 2.75) is 388 Å². The average molecular weight is 1240 g/mol. The first kappa shape index (κ1) is 80.9. The van der Waals surface area contributed by atoms with Crippen LogP contribution >= 0.6 is 0 Å². The normalized spacial score (nSPS) is 12.3. The van der Waals surface area contributed by atoms with Gasteiger partial charge in [0.15, 0.2) is 0 Å². The summed E-state index contributed by atoms with van der Waals surface area (Å²) in [6, 6.07) is 17.9. The molecule has 3 heteroatoms. The third-order valence-electron chi connectivity index (χ3n) is 17.3. The summed E-state index contributed by atoms with van der Waals surface area (Å²) in [6.07, 6.45) is 78.1. The van der Waals surface area contributed by atoms with E-state index in [9.17, 15) is 5.53 Å². The molecule has 2 aromatic rings. The summed E-state index contributed by atoms with van der Waals surface area (Å²) in [7, 11) is 0. The van der Waals surface area contributed by atoms with Crippen molar-refractivity contribution in [1.82, 2.24) is 0 Å². The van der Waals surface area contributed by atoms with Gasteiger partial charge in [0, 0.05) is 16.7 Å². The zero-order valence-electron chi connectivity index (χ0n) is 56.6. The van der Waals surface area contributed by atoms with Gasteiger partial charge in [-0.25, -0.2) is 4.70 Å². The standard InChI is InChI=1S/C50H78N2.2C15H31.Pd/c1-5-9-13-14-15-16-17-18-19-20-21-22-23-24-25-26-27-28-29-30-40-48-47(39-12-8-4)49(45-37-31-35-43(41-45)33-10-6-2)52(51)50(48)46-38-32-36-44(42-46)34-11-7-3;2*1-3-5-7-9-11-13-15-14-12-10-8-6-4-2;/h30-32,35-38,40-42H,5-29,33-34,39H2,1-4H3;2*1,3-15H2,2H3;/q;2*-1;+2. The molecule has 2 nitrogen and oxygen atoms in total. The third-order valence-corrected chi connectivity index (χ3v) is 17.3. The van der Waals surface area contributed by atoms with Gasteiger partial charge in [-0.2, -0.15) is 12.8 Å². The fourth-order valence-corrected chi connectivity index (χ4v) is 11.9. The van der Waals surface area contributed by atoms with Crippen LogP contribution in [0.1, 0.15) is 398 Å². The molecule has 0 saturated heterocycles. The van der Waals surface area contributed by atoms with Gasteiger partial charge in [0.2, 0.25) is 11.4 Å². The first-order chi connectivity index (χ1) is 40.5. The van der Waals surface area contributed by atoms with E-state index in [4.69, 9.17) is 0 Å². The Balaban J connectivity index is 0.00000177. The monoisotopic (exact) mass is 1240 g/mol. The molecule has 1 aliphatic heterocycles. The zero-order chi connectivity index (χ0) is 59.5. The third kappa shape index (κ3) is 44.9. The van der Waals surface area contributed by atoms with Crippen LogP contribution in [0, 0.1) is 13.8 Å². The Morgan fingerprint density at radius 1 is 0.337 bits per heavy atom. The number of unbranched alkanes of at least 4 members (excludes halogenated alkanes) is 45. The Morgan fingerprint density at radius 3 is 0.928 bits per heavy atom. The molecular formula is C80H140N2Pd. The zero-order valence-corrected chi connectivity index (χ0v) is 58.1. The van der Waals surface area contributed by atoms with E-state index in [1.54, 1.807) is 4.70 Å². The Labute approximate surface area is 534 Å². The topological polar surface area (TPSA) is 25.3 Å². The van der Waals surface area contributed by atoms with Crippen molar-refractivity contribution >= 4 is 11.4 Å². The maximum Gasteiger partial charge on any atom is 2.00 e. The van der Waals surface area contributed by atoms with Gasteiger partial charge in [0.05, 0.1) is 5.57 Å². The first-order valence-corrected chi connectivity index (χ1v) is 36.9. The van der Waals surface area contributed by atoms with E-state index >= 15 is 0 Å².